The normalized spacial score (nSPS) is 9.19. The maximum Gasteiger partial charge on any atom is 0.121 e. The third-order valence-corrected chi connectivity index (χ3v) is 11.2. The predicted octanol–water partition coefficient (Wildman–Crippen LogP) is 18.9. The molecule has 3 nitrogen and oxygen atoms in total. The Balaban J connectivity index is 0.000000383. The van der Waals surface area contributed by atoms with E-state index in [9.17, 15) is 0 Å². The SMILES string of the molecule is COc1ccc(C)cc1.COc1cccc(C)c1.COc1ccccc1C.Cc1ccc(Br)cc1.Cc1ccc(C)cc1.Cc1cccc(Br)c1.Cc1cccc(C)c1.Cc1ccccc1Br. The first-order valence-corrected chi connectivity index (χ1v) is 24.4. The summed E-state index contributed by atoms with van der Waals surface area (Å²) < 4.78 is 18.5. The molecule has 67 heavy (non-hydrogen) atoms. The quantitative estimate of drug-likeness (QED) is 0.176. The van der Waals surface area contributed by atoms with E-state index in [0.29, 0.717) is 0 Å². The molecule has 0 unspecified atom stereocenters. The molecule has 354 valence electrons. The van der Waals surface area contributed by atoms with Gasteiger partial charge in [-0.05, 0) is 147 Å². The van der Waals surface area contributed by atoms with Gasteiger partial charge in [-0.2, -0.15) is 0 Å². The molecule has 8 rings (SSSR count). The van der Waals surface area contributed by atoms with E-state index in [1.807, 2.05) is 129 Å². The Labute approximate surface area is 430 Å². The van der Waals surface area contributed by atoms with Gasteiger partial charge < -0.3 is 14.2 Å². The summed E-state index contributed by atoms with van der Waals surface area (Å²) in [6.07, 6.45) is 0. The second-order valence-electron chi connectivity index (χ2n) is 15.7. The molecular formula is C61H71Br3O3. The Hall–Kier alpha value is -5.40. The van der Waals surface area contributed by atoms with Crippen LogP contribution >= 0.6 is 47.8 Å². The molecule has 0 aromatic heterocycles. The van der Waals surface area contributed by atoms with E-state index in [1.54, 1.807) is 21.3 Å². The number of methoxy groups -OCH3 is 3. The summed E-state index contributed by atoms with van der Waals surface area (Å²) in [4.78, 5) is 0. The fourth-order valence-corrected chi connectivity index (χ4v) is 6.40. The van der Waals surface area contributed by atoms with Gasteiger partial charge in [0.15, 0.2) is 0 Å². The van der Waals surface area contributed by atoms with Gasteiger partial charge in [0.05, 0.1) is 21.3 Å². The number of ether oxygens (including phenoxy) is 3. The summed E-state index contributed by atoms with van der Waals surface area (Å²) >= 11 is 10.1. The molecule has 0 spiro atoms. The van der Waals surface area contributed by atoms with Crippen molar-refractivity contribution >= 4 is 47.8 Å². The molecule has 0 radical (unpaired) electrons. The maximum absolute atomic E-state index is 5.04. The van der Waals surface area contributed by atoms with Crippen LogP contribution in [0.3, 0.4) is 0 Å². The fourth-order valence-electron chi connectivity index (χ4n) is 5.34. The van der Waals surface area contributed by atoms with Crippen molar-refractivity contribution in [2.24, 2.45) is 0 Å². The summed E-state index contributed by atoms with van der Waals surface area (Å²) in [5.41, 5.74) is 12.9. The van der Waals surface area contributed by atoms with Gasteiger partial charge in [-0.1, -0.05) is 220 Å². The number of aryl methyl sites for hydroxylation is 10. The first-order chi connectivity index (χ1) is 31.9. The number of halogens is 3. The average molecular weight is 1090 g/mol. The van der Waals surface area contributed by atoms with Crippen molar-refractivity contribution < 1.29 is 14.2 Å². The van der Waals surface area contributed by atoms with Crippen LogP contribution in [0.15, 0.2) is 208 Å². The van der Waals surface area contributed by atoms with E-state index in [0.717, 1.165) is 26.2 Å². The molecule has 8 aromatic carbocycles. The van der Waals surface area contributed by atoms with Gasteiger partial charge in [-0.3, -0.25) is 0 Å². The first-order valence-electron chi connectivity index (χ1n) is 22.0. The number of rotatable bonds is 3. The van der Waals surface area contributed by atoms with Crippen molar-refractivity contribution in [2.45, 2.75) is 69.2 Å². The smallest absolute Gasteiger partial charge is 0.121 e. The zero-order chi connectivity index (χ0) is 50.0. The lowest BCUT2D eigenvalue weighted by molar-refractivity contribution is 0.411. The largest absolute Gasteiger partial charge is 0.497 e. The van der Waals surface area contributed by atoms with E-state index in [-0.39, 0.29) is 0 Å². The molecule has 8 aromatic rings. The Morgan fingerprint density at radius 3 is 0.955 bits per heavy atom. The summed E-state index contributed by atoms with van der Waals surface area (Å²) in [6, 6.07) is 65.4. The third-order valence-electron chi connectivity index (χ3n) is 9.25. The minimum atomic E-state index is 0.917. The van der Waals surface area contributed by atoms with Gasteiger partial charge in [0, 0.05) is 13.4 Å². The van der Waals surface area contributed by atoms with Gasteiger partial charge in [0.2, 0.25) is 0 Å². The molecule has 0 saturated carbocycles. The Morgan fingerprint density at radius 1 is 0.269 bits per heavy atom. The zero-order valence-corrected chi connectivity index (χ0v) is 46.6. The predicted molar refractivity (Wildman–Crippen MR) is 302 cm³/mol. The van der Waals surface area contributed by atoms with Gasteiger partial charge in [0.1, 0.15) is 17.2 Å². The highest BCUT2D eigenvalue weighted by atomic mass is 79.9. The van der Waals surface area contributed by atoms with Crippen LogP contribution in [-0.2, 0) is 0 Å². The molecule has 6 heteroatoms. The van der Waals surface area contributed by atoms with Crippen molar-refractivity contribution in [3.05, 3.63) is 263 Å². The number of hydrogen-bond acceptors (Lipinski definition) is 3. The monoisotopic (exact) mass is 1090 g/mol. The van der Waals surface area contributed by atoms with Gasteiger partial charge in [0.25, 0.3) is 0 Å². The van der Waals surface area contributed by atoms with Gasteiger partial charge in [-0.15, -0.1) is 0 Å². The van der Waals surface area contributed by atoms with Crippen molar-refractivity contribution in [1.82, 2.24) is 0 Å². The molecular weight excluding hydrogens is 1020 g/mol. The average Bonchev–Trinajstić information content (AvgIpc) is 3.31. The fraction of sp³-hybridized carbons (Fsp3) is 0.213. The van der Waals surface area contributed by atoms with Crippen LogP contribution in [0.5, 0.6) is 17.2 Å². The van der Waals surface area contributed by atoms with Crippen LogP contribution in [0.25, 0.3) is 0 Å². The minimum absolute atomic E-state index is 0.917. The van der Waals surface area contributed by atoms with Crippen LogP contribution in [0, 0.1) is 69.2 Å². The molecule has 0 heterocycles. The van der Waals surface area contributed by atoms with Crippen LogP contribution in [-0.4, -0.2) is 21.3 Å². The lowest BCUT2D eigenvalue weighted by Gasteiger charge is -2.00. The van der Waals surface area contributed by atoms with Crippen molar-refractivity contribution in [1.29, 1.82) is 0 Å². The lowest BCUT2D eigenvalue weighted by Crippen LogP contribution is -1.84. The van der Waals surface area contributed by atoms with Gasteiger partial charge >= 0.3 is 0 Å². The standard InChI is InChI=1S/3C8H10O.2C8H10.3C7H7Br/c1-7-3-5-8(9-2)6-4-7;1-7-4-3-5-8(6-7)9-2;1-7-5-3-4-6-8(7)9-2;1-7-3-5-8(2)6-4-7;1-7-4-3-5-8(2)6-7;1-6-2-4-7(8)5-3-6;1-6-3-2-4-7(8)5-6;1-6-4-2-3-5-7(6)8/h3*3-6H,1-2H3;2*3-6H,1-2H3;3*2-5H,1H3. The number of para-hydroxylation sites is 1. The second-order valence-corrected chi connectivity index (χ2v) is 18.3. The van der Waals surface area contributed by atoms with E-state index in [1.165, 1.54) is 60.1 Å². The van der Waals surface area contributed by atoms with Crippen molar-refractivity contribution in [3.63, 3.8) is 0 Å². The lowest BCUT2D eigenvalue weighted by atomic mass is 10.2. The topological polar surface area (TPSA) is 27.7 Å². The molecule has 0 atom stereocenters. The third kappa shape index (κ3) is 30.5. The molecule has 0 aliphatic rings. The first kappa shape index (κ1) is 59.6. The van der Waals surface area contributed by atoms with Crippen LogP contribution in [0.1, 0.15) is 55.6 Å². The van der Waals surface area contributed by atoms with E-state index >= 15 is 0 Å². The highest BCUT2D eigenvalue weighted by Crippen LogP contribution is 2.16. The zero-order valence-electron chi connectivity index (χ0n) is 41.8. The number of hydrogen-bond donors (Lipinski definition) is 0. The van der Waals surface area contributed by atoms with E-state index in [4.69, 9.17) is 14.2 Å². The van der Waals surface area contributed by atoms with Gasteiger partial charge in [-0.25, -0.2) is 0 Å². The highest BCUT2D eigenvalue weighted by Gasteiger charge is 1.92. The number of benzene rings is 8. The van der Waals surface area contributed by atoms with Crippen LogP contribution in [0.4, 0.5) is 0 Å². The van der Waals surface area contributed by atoms with Crippen molar-refractivity contribution in [2.75, 3.05) is 21.3 Å². The van der Waals surface area contributed by atoms with E-state index in [2.05, 4.69) is 182 Å². The molecule has 0 fully saturated rings. The summed E-state index contributed by atoms with van der Waals surface area (Å²) in [5, 5.41) is 0. The Morgan fingerprint density at radius 2 is 0.657 bits per heavy atom. The van der Waals surface area contributed by atoms with Crippen molar-refractivity contribution in [3.8, 4) is 17.2 Å². The molecule has 0 aliphatic carbocycles. The Bertz CT molecular complexity index is 2310. The molecule has 0 aliphatic heterocycles. The molecule has 0 N–H and O–H groups in total. The van der Waals surface area contributed by atoms with Crippen LogP contribution < -0.4 is 14.2 Å². The molecule has 0 bridgehead atoms. The summed E-state index contributed by atoms with van der Waals surface area (Å²) in [6.45, 7) is 20.8. The Kier molecular flexibility index (Phi) is 31.8. The second kappa shape index (κ2) is 35.7. The molecule has 0 amide bonds. The maximum atomic E-state index is 5.04. The molecule has 0 saturated heterocycles. The summed E-state index contributed by atoms with van der Waals surface area (Å²) in [5.74, 6) is 2.80. The summed E-state index contributed by atoms with van der Waals surface area (Å²) in [7, 11) is 5.03. The highest BCUT2D eigenvalue weighted by molar-refractivity contribution is 9.11. The minimum Gasteiger partial charge on any atom is -0.497 e. The van der Waals surface area contributed by atoms with E-state index < -0.39 is 0 Å². The van der Waals surface area contributed by atoms with Crippen LogP contribution in [0.2, 0.25) is 0 Å².